The number of hydrogen-bond donors (Lipinski definition) is 0. The molecular weight excluding hydrogens is 422 g/mol. The van der Waals surface area contributed by atoms with Crippen LogP contribution in [0, 0.1) is 6.92 Å². The Hall–Kier alpha value is -3.90. The number of aryl methyl sites for hydroxylation is 1. The van der Waals surface area contributed by atoms with Crippen molar-refractivity contribution < 1.29 is 17.3 Å². The van der Waals surface area contributed by atoms with Gasteiger partial charge < -0.3 is 8.92 Å². The molecule has 6 heteroatoms. The van der Waals surface area contributed by atoms with E-state index < -0.39 is 10.1 Å². The van der Waals surface area contributed by atoms with Gasteiger partial charge in [0.2, 0.25) is 0 Å². The molecule has 4 aromatic rings. The Morgan fingerprint density at radius 1 is 0.688 bits per heavy atom. The van der Waals surface area contributed by atoms with E-state index in [-0.39, 0.29) is 10.6 Å². The molecule has 0 N–H and O–H groups in total. The summed E-state index contributed by atoms with van der Waals surface area (Å²) in [5.74, 6) is 1.74. The molecule has 160 valence electrons. The monoisotopic (exact) mass is 443 g/mol. The van der Waals surface area contributed by atoms with Crippen molar-refractivity contribution in [2.24, 2.45) is 4.99 Å². The summed E-state index contributed by atoms with van der Waals surface area (Å²) in [5.41, 5.74) is 2.56. The van der Waals surface area contributed by atoms with E-state index in [1.165, 1.54) is 12.1 Å². The average molecular weight is 444 g/mol. The molecule has 4 aromatic carbocycles. The van der Waals surface area contributed by atoms with Gasteiger partial charge in [0.15, 0.2) is 0 Å². The lowest BCUT2D eigenvalue weighted by molar-refractivity contribution is 0.482. The molecule has 0 fully saturated rings. The van der Waals surface area contributed by atoms with Gasteiger partial charge in [-0.25, -0.2) is 0 Å². The molecular formula is C26H21NO4S. The summed E-state index contributed by atoms with van der Waals surface area (Å²) in [4.78, 5) is 4.56. The summed E-state index contributed by atoms with van der Waals surface area (Å²) in [6, 6.07) is 30.2. The van der Waals surface area contributed by atoms with Crippen molar-refractivity contribution in [1.29, 1.82) is 0 Å². The molecule has 0 radical (unpaired) electrons. The van der Waals surface area contributed by atoms with Crippen LogP contribution in [-0.2, 0) is 10.1 Å². The van der Waals surface area contributed by atoms with Gasteiger partial charge in [0, 0.05) is 6.21 Å². The zero-order chi connectivity index (χ0) is 22.4. The van der Waals surface area contributed by atoms with Gasteiger partial charge >= 0.3 is 10.1 Å². The molecule has 32 heavy (non-hydrogen) atoms. The van der Waals surface area contributed by atoms with Gasteiger partial charge in [-0.1, -0.05) is 35.9 Å². The summed E-state index contributed by atoms with van der Waals surface area (Å²) in [6.45, 7) is 1.89. The number of ether oxygens (including phenoxy) is 1. The first-order chi connectivity index (χ1) is 15.5. The van der Waals surface area contributed by atoms with E-state index in [4.69, 9.17) is 8.92 Å². The molecule has 0 aliphatic rings. The molecule has 0 bridgehead atoms. The molecule has 5 nitrogen and oxygen atoms in total. The van der Waals surface area contributed by atoms with Crippen molar-refractivity contribution in [2.45, 2.75) is 11.8 Å². The maximum Gasteiger partial charge on any atom is 0.339 e. The van der Waals surface area contributed by atoms with Crippen LogP contribution >= 0.6 is 0 Å². The average Bonchev–Trinajstić information content (AvgIpc) is 2.80. The number of nitrogens with zero attached hydrogens (tertiary/aromatic N) is 1. The van der Waals surface area contributed by atoms with E-state index in [1.54, 1.807) is 42.6 Å². The zero-order valence-electron chi connectivity index (χ0n) is 17.4. The summed E-state index contributed by atoms with van der Waals surface area (Å²) in [7, 11) is -3.87. The smallest absolute Gasteiger partial charge is 0.339 e. The number of benzene rings is 4. The third kappa shape index (κ3) is 5.62. The van der Waals surface area contributed by atoms with Crippen molar-refractivity contribution in [2.75, 3.05) is 0 Å². The Morgan fingerprint density at radius 3 is 1.94 bits per heavy atom. The van der Waals surface area contributed by atoms with Crippen LogP contribution in [0.3, 0.4) is 0 Å². The number of aliphatic imine (C=N–C) groups is 1. The Kier molecular flexibility index (Phi) is 6.33. The molecule has 0 atom stereocenters. The predicted molar refractivity (Wildman–Crippen MR) is 126 cm³/mol. The topological polar surface area (TPSA) is 65.0 Å². The highest BCUT2D eigenvalue weighted by Gasteiger charge is 2.16. The molecule has 0 unspecified atom stereocenters. The van der Waals surface area contributed by atoms with Crippen LogP contribution in [-0.4, -0.2) is 14.6 Å². The molecule has 0 saturated heterocycles. The van der Waals surface area contributed by atoms with Gasteiger partial charge in [-0.05, 0) is 85.3 Å². The Labute approximate surface area is 187 Å². The number of hydrogen-bond acceptors (Lipinski definition) is 5. The molecule has 0 aliphatic heterocycles. The van der Waals surface area contributed by atoms with Crippen LogP contribution in [0.25, 0.3) is 0 Å². The molecule has 0 saturated carbocycles. The summed E-state index contributed by atoms with van der Waals surface area (Å²) < 4.78 is 35.8. The maximum atomic E-state index is 12.4. The minimum absolute atomic E-state index is 0.119. The van der Waals surface area contributed by atoms with Gasteiger partial charge in [-0.2, -0.15) is 8.42 Å². The fraction of sp³-hybridized carbons (Fsp3) is 0.0385. The lowest BCUT2D eigenvalue weighted by Crippen LogP contribution is -2.09. The van der Waals surface area contributed by atoms with E-state index in [0.29, 0.717) is 0 Å². The van der Waals surface area contributed by atoms with Crippen molar-refractivity contribution in [1.82, 2.24) is 0 Å². The van der Waals surface area contributed by atoms with Gasteiger partial charge in [-0.3, -0.25) is 4.99 Å². The summed E-state index contributed by atoms with van der Waals surface area (Å²) in [6.07, 6.45) is 1.70. The Bertz CT molecular complexity index is 1300. The van der Waals surface area contributed by atoms with E-state index in [9.17, 15) is 8.42 Å². The molecule has 0 aliphatic carbocycles. The van der Waals surface area contributed by atoms with Crippen LogP contribution in [0.2, 0.25) is 0 Å². The van der Waals surface area contributed by atoms with Crippen LogP contribution < -0.4 is 8.92 Å². The largest absolute Gasteiger partial charge is 0.457 e. The van der Waals surface area contributed by atoms with Crippen LogP contribution in [0.5, 0.6) is 17.2 Å². The zero-order valence-corrected chi connectivity index (χ0v) is 18.2. The highest BCUT2D eigenvalue weighted by atomic mass is 32.2. The third-order valence-electron chi connectivity index (χ3n) is 4.57. The lowest BCUT2D eigenvalue weighted by atomic mass is 10.2. The van der Waals surface area contributed by atoms with Crippen molar-refractivity contribution >= 4 is 22.0 Å². The highest BCUT2D eigenvalue weighted by molar-refractivity contribution is 7.87. The van der Waals surface area contributed by atoms with Crippen LogP contribution in [0.4, 0.5) is 5.69 Å². The van der Waals surface area contributed by atoms with E-state index in [2.05, 4.69) is 4.99 Å². The Morgan fingerprint density at radius 2 is 1.28 bits per heavy atom. The van der Waals surface area contributed by atoms with E-state index >= 15 is 0 Å². The quantitative estimate of drug-likeness (QED) is 0.248. The highest BCUT2D eigenvalue weighted by Crippen LogP contribution is 2.24. The van der Waals surface area contributed by atoms with Gasteiger partial charge in [0.1, 0.15) is 22.1 Å². The number of rotatable bonds is 7. The first-order valence-electron chi connectivity index (χ1n) is 9.96. The number of para-hydroxylation sites is 1. The summed E-state index contributed by atoms with van der Waals surface area (Å²) in [5, 5.41) is 0. The van der Waals surface area contributed by atoms with Crippen molar-refractivity contribution in [3.8, 4) is 17.2 Å². The standard InChI is InChI=1S/C26H21NO4S/c1-20-7-17-26(18-8-20)32(28,29)31-25-13-9-21(10-14-25)19-27-22-11-15-24(16-12-22)30-23-5-3-2-4-6-23/h2-19H,1H3. The minimum atomic E-state index is -3.87. The SMILES string of the molecule is Cc1ccc(S(=O)(=O)Oc2ccc(C=Nc3ccc(Oc4ccccc4)cc3)cc2)cc1. The second kappa shape index (κ2) is 9.49. The van der Waals surface area contributed by atoms with Crippen LogP contribution in [0.1, 0.15) is 11.1 Å². The predicted octanol–water partition coefficient (Wildman–Crippen LogP) is 6.31. The molecule has 0 heterocycles. The van der Waals surface area contributed by atoms with Crippen molar-refractivity contribution in [3.05, 3.63) is 114 Å². The Balaban J connectivity index is 1.38. The van der Waals surface area contributed by atoms with Gasteiger partial charge in [0.25, 0.3) is 0 Å². The molecule has 0 aromatic heterocycles. The minimum Gasteiger partial charge on any atom is -0.457 e. The van der Waals surface area contributed by atoms with Crippen LogP contribution in [0.15, 0.2) is 113 Å². The molecule has 0 spiro atoms. The fourth-order valence-corrected chi connectivity index (χ4v) is 3.79. The lowest BCUT2D eigenvalue weighted by Gasteiger charge is -2.07. The van der Waals surface area contributed by atoms with E-state index in [1.807, 2.05) is 61.5 Å². The second-order valence-electron chi connectivity index (χ2n) is 7.09. The summed E-state index contributed by atoms with van der Waals surface area (Å²) >= 11 is 0. The fourth-order valence-electron chi connectivity index (χ4n) is 2.86. The van der Waals surface area contributed by atoms with E-state index in [0.717, 1.165) is 28.3 Å². The van der Waals surface area contributed by atoms with Gasteiger partial charge in [0.05, 0.1) is 5.69 Å². The van der Waals surface area contributed by atoms with Crippen molar-refractivity contribution in [3.63, 3.8) is 0 Å². The second-order valence-corrected chi connectivity index (χ2v) is 8.63. The first-order valence-corrected chi connectivity index (χ1v) is 11.4. The normalized spacial score (nSPS) is 11.4. The maximum absolute atomic E-state index is 12.4. The van der Waals surface area contributed by atoms with Gasteiger partial charge in [-0.15, -0.1) is 0 Å². The molecule has 0 amide bonds. The first kappa shape index (κ1) is 21.3. The molecule has 4 rings (SSSR count). The third-order valence-corrected chi connectivity index (χ3v) is 5.84.